The second-order valence-electron chi connectivity index (χ2n) is 9.56. The maximum atomic E-state index is 13.0. The number of nitrogens with zero attached hydrogens (tertiary/aromatic N) is 1. The van der Waals surface area contributed by atoms with E-state index in [1.165, 1.54) is 24.0 Å². The first-order valence-electron chi connectivity index (χ1n) is 12.5. The van der Waals surface area contributed by atoms with Gasteiger partial charge in [0.15, 0.2) is 0 Å². The Hall–Kier alpha value is -2.39. The minimum atomic E-state index is -0.821. The molecule has 2 saturated heterocycles. The summed E-state index contributed by atoms with van der Waals surface area (Å²) in [6, 6.07) is 14.0. The molecule has 3 heterocycles. The lowest BCUT2D eigenvalue weighted by molar-refractivity contribution is -0.132. The molecule has 3 aliphatic rings. The van der Waals surface area contributed by atoms with Crippen molar-refractivity contribution < 1.29 is 19.4 Å². The number of ether oxygens (including phenoxy) is 1. The fourth-order valence-electron chi connectivity index (χ4n) is 5.05. The molecule has 2 aromatic rings. The molecule has 2 aromatic carbocycles. The Morgan fingerprint density at radius 1 is 1.06 bits per heavy atom. The molecule has 0 aliphatic carbocycles. The van der Waals surface area contributed by atoms with Crippen molar-refractivity contribution in [3.8, 4) is 0 Å². The molecule has 0 saturated carbocycles. The van der Waals surface area contributed by atoms with Gasteiger partial charge < -0.3 is 25.4 Å². The molecule has 2 fully saturated rings. The minimum Gasteiger partial charge on any atom is -0.377 e. The number of nitrogens with one attached hydrogen (secondary N) is 2. The molecule has 3 N–H and O–H groups in total. The third-order valence-corrected chi connectivity index (χ3v) is 8.22. The van der Waals surface area contributed by atoms with Crippen LogP contribution in [-0.4, -0.2) is 53.3 Å². The second-order valence-corrected chi connectivity index (χ2v) is 10.6. The Kier molecular flexibility index (Phi) is 7.72. The van der Waals surface area contributed by atoms with Crippen molar-refractivity contribution in [3.05, 3.63) is 64.7 Å². The summed E-state index contributed by atoms with van der Waals surface area (Å²) >= 11 is 1.72. The van der Waals surface area contributed by atoms with Crippen LogP contribution in [0.25, 0.3) is 0 Å². The summed E-state index contributed by atoms with van der Waals surface area (Å²) in [5.41, 5.74) is 4.16. The largest absolute Gasteiger partial charge is 0.377 e. The Balaban J connectivity index is 1.16. The van der Waals surface area contributed by atoms with Crippen LogP contribution < -0.4 is 10.6 Å². The Bertz CT molecular complexity index is 1050. The average molecular weight is 496 g/mol. The molecule has 0 bridgehead atoms. The summed E-state index contributed by atoms with van der Waals surface area (Å²) in [5, 5.41) is 15.7. The van der Waals surface area contributed by atoms with Gasteiger partial charge in [-0.25, -0.2) is 0 Å². The molecule has 3 atom stereocenters. The standard InChI is InChI=1S/C27H33N3O4S/c31-25-12-11-23(26(32)29-25)30-16-22-21(27(30)33)5-3-6-24(22)35-17-19-9-7-18(8-10-19)14-28-15-20-4-1-2-13-34-20/h3,5-10,20,23,25,28,31H,1-2,4,11-17H2,(H,29,32). The Labute approximate surface area is 210 Å². The predicted molar refractivity (Wildman–Crippen MR) is 135 cm³/mol. The number of rotatable bonds is 8. The summed E-state index contributed by atoms with van der Waals surface area (Å²) in [4.78, 5) is 28.1. The van der Waals surface area contributed by atoms with Crippen molar-refractivity contribution in [1.82, 2.24) is 15.5 Å². The highest BCUT2D eigenvalue weighted by atomic mass is 32.2. The molecule has 0 spiro atoms. The fraction of sp³-hybridized carbons (Fsp3) is 0.481. The smallest absolute Gasteiger partial charge is 0.255 e. The fourth-order valence-corrected chi connectivity index (χ4v) is 6.09. The van der Waals surface area contributed by atoms with Gasteiger partial charge in [-0.15, -0.1) is 11.8 Å². The SMILES string of the molecule is O=C1NC(O)CCC1N1Cc2c(SCc3ccc(CNCC4CCCCO4)cc3)cccc2C1=O. The summed E-state index contributed by atoms with van der Waals surface area (Å²) < 4.78 is 5.78. The maximum Gasteiger partial charge on any atom is 0.255 e. The van der Waals surface area contributed by atoms with E-state index in [0.717, 1.165) is 42.3 Å². The zero-order chi connectivity index (χ0) is 24.2. The van der Waals surface area contributed by atoms with Crippen molar-refractivity contribution in [2.75, 3.05) is 13.2 Å². The van der Waals surface area contributed by atoms with E-state index in [2.05, 4.69) is 41.0 Å². The van der Waals surface area contributed by atoms with Gasteiger partial charge in [0.1, 0.15) is 12.3 Å². The van der Waals surface area contributed by atoms with Crippen LogP contribution in [0.4, 0.5) is 0 Å². The van der Waals surface area contributed by atoms with E-state index < -0.39 is 12.3 Å². The van der Waals surface area contributed by atoms with Gasteiger partial charge >= 0.3 is 0 Å². The zero-order valence-corrected chi connectivity index (χ0v) is 20.7. The van der Waals surface area contributed by atoms with E-state index in [1.54, 1.807) is 16.7 Å². The topological polar surface area (TPSA) is 90.9 Å². The van der Waals surface area contributed by atoms with E-state index in [0.29, 0.717) is 31.1 Å². The lowest BCUT2D eigenvalue weighted by Gasteiger charge is -2.32. The van der Waals surface area contributed by atoms with Gasteiger partial charge in [0, 0.05) is 42.5 Å². The summed E-state index contributed by atoms with van der Waals surface area (Å²) in [5.74, 6) is 0.430. The number of piperidine rings is 1. The second kappa shape index (κ2) is 11.1. The van der Waals surface area contributed by atoms with Gasteiger partial charge in [0.2, 0.25) is 5.91 Å². The van der Waals surface area contributed by atoms with Crippen LogP contribution in [-0.2, 0) is 28.4 Å². The highest BCUT2D eigenvalue weighted by Crippen LogP contribution is 2.35. The predicted octanol–water partition coefficient (Wildman–Crippen LogP) is 3.19. The Morgan fingerprint density at radius 2 is 1.89 bits per heavy atom. The van der Waals surface area contributed by atoms with Crippen molar-refractivity contribution in [3.63, 3.8) is 0 Å². The molecule has 35 heavy (non-hydrogen) atoms. The quantitative estimate of drug-likeness (QED) is 0.488. The summed E-state index contributed by atoms with van der Waals surface area (Å²) in [6.45, 7) is 3.05. The number of carbonyl (C=O) groups is 2. The molecular formula is C27H33N3O4S. The van der Waals surface area contributed by atoms with E-state index in [1.807, 2.05) is 12.1 Å². The Morgan fingerprint density at radius 3 is 2.66 bits per heavy atom. The zero-order valence-electron chi connectivity index (χ0n) is 19.9. The molecule has 3 aliphatic heterocycles. The van der Waals surface area contributed by atoms with Crippen molar-refractivity contribution in [2.24, 2.45) is 0 Å². The van der Waals surface area contributed by atoms with E-state index in [-0.39, 0.29) is 11.8 Å². The van der Waals surface area contributed by atoms with Crippen LogP contribution in [0.2, 0.25) is 0 Å². The molecule has 8 heteroatoms. The molecule has 186 valence electrons. The third-order valence-electron chi connectivity index (χ3n) is 7.05. The number of thioether (sulfide) groups is 1. The van der Waals surface area contributed by atoms with Gasteiger partial charge in [0.05, 0.1) is 6.10 Å². The van der Waals surface area contributed by atoms with Crippen molar-refractivity contribution in [2.45, 2.75) is 74.2 Å². The van der Waals surface area contributed by atoms with Crippen molar-refractivity contribution in [1.29, 1.82) is 0 Å². The van der Waals surface area contributed by atoms with Gasteiger partial charge in [-0.3, -0.25) is 9.59 Å². The molecule has 2 amide bonds. The number of aliphatic hydroxyl groups excluding tert-OH is 1. The molecule has 3 unspecified atom stereocenters. The summed E-state index contributed by atoms with van der Waals surface area (Å²) in [7, 11) is 0. The number of carbonyl (C=O) groups excluding carboxylic acids is 2. The van der Waals surface area contributed by atoms with E-state index in [9.17, 15) is 14.7 Å². The molecule has 0 aromatic heterocycles. The highest BCUT2D eigenvalue weighted by molar-refractivity contribution is 7.98. The van der Waals surface area contributed by atoms with Crippen molar-refractivity contribution >= 4 is 23.6 Å². The van der Waals surface area contributed by atoms with Gasteiger partial charge in [-0.05, 0) is 60.9 Å². The van der Waals surface area contributed by atoms with E-state index >= 15 is 0 Å². The number of fused-ring (bicyclic) bond motifs is 1. The number of hydrogen-bond acceptors (Lipinski definition) is 6. The van der Waals surface area contributed by atoms with Crippen LogP contribution in [0.1, 0.15) is 59.2 Å². The van der Waals surface area contributed by atoms with Gasteiger partial charge in [0.25, 0.3) is 5.91 Å². The average Bonchev–Trinajstić information content (AvgIpc) is 3.21. The van der Waals surface area contributed by atoms with E-state index in [4.69, 9.17) is 4.74 Å². The lowest BCUT2D eigenvalue weighted by atomic mass is 10.0. The summed E-state index contributed by atoms with van der Waals surface area (Å²) in [6.07, 6.45) is 4.04. The normalized spacial score (nSPS) is 24.4. The van der Waals surface area contributed by atoms with Crippen LogP contribution >= 0.6 is 11.8 Å². The number of benzene rings is 2. The van der Waals surface area contributed by atoms with Crippen LogP contribution in [0, 0.1) is 0 Å². The minimum absolute atomic E-state index is 0.102. The van der Waals surface area contributed by atoms with Crippen LogP contribution in [0.5, 0.6) is 0 Å². The highest BCUT2D eigenvalue weighted by Gasteiger charge is 2.39. The number of hydrogen-bond donors (Lipinski definition) is 3. The molecular weight excluding hydrogens is 462 g/mol. The first-order valence-corrected chi connectivity index (χ1v) is 13.5. The third kappa shape index (κ3) is 5.72. The first-order chi connectivity index (χ1) is 17.1. The molecule has 5 rings (SSSR count). The number of aliphatic hydroxyl groups is 1. The number of amides is 2. The molecule has 0 radical (unpaired) electrons. The van der Waals surface area contributed by atoms with Crippen LogP contribution in [0.15, 0.2) is 47.4 Å². The van der Waals surface area contributed by atoms with Gasteiger partial charge in [-0.1, -0.05) is 30.3 Å². The lowest BCUT2D eigenvalue weighted by Crippen LogP contribution is -2.54. The molecule has 7 nitrogen and oxygen atoms in total. The first kappa shape index (κ1) is 24.3. The monoisotopic (exact) mass is 495 g/mol. The van der Waals surface area contributed by atoms with Gasteiger partial charge in [-0.2, -0.15) is 0 Å². The maximum absolute atomic E-state index is 13.0. The van der Waals surface area contributed by atoms with Crippen LogP contribution in [0.3, 0.4) is 0 Å².